The number of hydrogen-bond acceptors (Lipinski definition) is 6. The number of halogens is 1. The molecule has 1 aromatic carbocycles. The predicted octanol–water partition coefficient (Wildman–Crippen LogP) is 2.88. The monoisotopic (exact) mass is 352 g/mol. The van der Waals surface area contributed by atoms with Crippen LogP contribution < -0.4 is 5.32 Å². The molecule has 2 aromatic rings. The second-order valence-corrected chi connectivity index (χ2v) is 5.25. The Labute approximate surface area is 141 Å². The first kappa shape index (κ1) is 17.5. The van der Waals surface area contributed by atoms with Crippen molar-refractivity contribution in [3.8, 4) is 0 Å². The Balaban J connectivity index is 1.86. The molecule has 0 saturated heterocycles. The van der Waals surface area contributed by atoms with E-state index in [9.17, 15) is 19.7 Å². The summed E-state index contributed by atoms with van der Waals surface area (Å²) in [4.78, 5) is 33.1. The number of nitro groups is 1. The lowest BCUT2D eigenvalue weighted by molar-refractivity contribution is -0.402. The molecule has 0 aliphatic heterocycles. The van der Waals surface area contributed by atoms with Crippen molar-refractivity contribution in [1.29, 1.82) is 0 Å². The van der Waals surface area contributed by atoms with E-state index in [2.05, 4.69) is 9.73 Å². The molecule has 0 bridgehead atoms. The lowest BCUT2D eigenvalue weighted by Crippen LogP contribution is -2.31. The second-order valence-electron chi connectivity index (χ2n) is 4.82. The Morgan fingerprint density at radius 1 is 1.38 bits per heavy atom. The average Bonchev–Trinajstić information content (AvgIpc) is 3.03. The molecule has 1 heterocycles. The van der Waals surface area contributed by atoms with Crippen LogP contribution in [0.5, 0.6) is 0 Å². The maximum absolute atomic E-state index is 11.8. The van der Waals surface area contributed by atoms with Crippen LogP contribution in [0.4, 0.5) is 5.88 Å². The van der Waals surface area contributed by atoms with Crippen LogP contribution in [0.2, 0.25) is 5.02 Å². The number of carbonyl (C=O) groups excluding carboxylic acids is 2. The minimum absolute atomic E-state index is 0.334. The molecule has 0 spiro atoms. The summed E-state index contributed by atoms with van der Waals surface area (Å²) in [6, 6.07) is 8.77. The molecule has 0 fully saturated rings. The summed E-state index contributed by atoms with van der Waals surface area (Å²) in [5.74, 6) is -2.43. The molecule has 0 saturated carbocycles. The fourth-order valence-corrected chi connectivity index (χ4v) is 2.08. The van der Waals surface area contributed by atoms with Crippen molar-refractivity contribution in [3.63, 3.8) is 0 Å². The van der Waals surface area contributed by atoms with Crippen LogP contribution in [-0.2, 0) is 9.53 Å². The molecule has 1 atom stereocenters. The molecular formula is C15H13ClN2O6. The molecular weight excluding hydrogens is 340 g/mol. The molecule has 24 heavy (non-hydrogen) atoms. The minimum Gasteiger partial charge on any atom is -0.450 e. The fourth-order valence-electron chi connectivity index (χ4n) is 1.88. The summed E-state index contributed by atoms with van der Waals surface area (Å²) >= 11 is 5.88. The Bertz CT molecular complexity index is 773. The molecule has 126 valence electrons. The zero-order chi connectivity index (χ0) is 17.7. The first-order chi connectivity index (χ1) is 11.4. The Morgan fingerprint density at radius 2 is 2.12 bits per heavy atom. The van der Waals surface area contributed by atoms with Gasteiger partial charge in [-0.1, -0.05) is 23.7 Å². The maximum Gasteiger partial charge on any atom is 0.433 e. The SMILES string of the molecule is C[C@H](NC(=O)COC(=O)c1ccc([N+](=O)[O-])o1)c1cccc(Cl)c1. The van der Waals surface area contributed by atoms with Gasteiger partial charge >= 0.3 is 11.9 Å². The highest BCUT2D eigenvalue weighted by molar-refractivity contribution is 6.30. The van der Waals surface area contributed by atoms with Crippen LogP contribution in [0.1, 0.15) is 29.1 Å². The summed E-state index contributed by atoms with van der Waals surface area (Å²) in [5, 5.41) is 13.7. The van der Waals surface area contributed by atoms with E-state index >= 15 is 0 Å². The molecule has 0 radical (unpaired) electrons. The van der Waals surface area contributed by atoms with Crippen molar-refractivity contribution in [2.75, 3.05) is 6.61 Å². The lowest BCUT2D eigenvalue weighted by atomic mass is 10.1. The van der Waals surface area contributed by atoms with Crippen molar-refractivity contribution in [3.05, 3.63) is 62.9 Å². The fraction of sp³-hybridized carbons (Fsp3) is 0.200. The number of nitrogens with one attached hydrogen (secondary N) is 1. The Hall–Kier alpha value is -2.87. The molecule has 1 N–H and O–H groups in total. The third-order valence-electron chi connectivity index (χ3n) is 3.03. The average molecular weight is 353 g/mol. The number of rotatable bonds is 6. The highest BCUT2D eigenvalue weighted by Gasteiger charge is 2.19. The number of esters is 1. The van der Waals surface area contributed by atoms with Crippen molar-refractivity contribution in [2.45, 2.75) is 13.0 Å². The van der Waals surface area contributed by atoms with Gasteiger partial charge in [-0.05, 0) is 30.7 Å². The van der Waals surface area contributed by atoms with Gasteiger partial charge in [-0.25, -0.2) is 4.79 Å². The highest BCUT2D eigenvalue weighted by Crippen LogP contribution is 2.18. The predicted molar refractivity (Wildman–Crippen MR) is 83.7 cm³/mol. The van der Waals surface area contributed by atoms with E-state index in [1.165, 1.54) is 0 Å². The summed E-state index contributed by atoms with van der Waals surface area (Å²) in [6.07, 6.45) is 0. The first-order valence-electron chi connectivity index (χ1n) is 6.83. The van der Waals surface area contributed by atoms with Crippen molar-refractivity contribution in [2.24, 2.45) is 0 Å². The number of nitrogens with zero attached hydrogens (tertiary/aromatic N) is 1. The smallest absolute Gasteiger partial charge is 0.433 e. The standard InChI is InChI=1S/C15H13ClN2O6/c1-9(10-3-2-4-11(16)7-10)17-13(19)8-23-15(20)12-5-6-14(24-12)18(21)22/h2-7,9H,8H2,1H3,(H,17,19)/t9-/m0/s1. The van der Waals surface area contributed by atoms with Crippen LogP contribution >= 0.6 is 11.6 Å². The number of hydrogen-bond donors (Lipinski definition) is 1. The van der Waals surface area contributed by atoms with Crippen LogP contribution in [0, 0.1) is 10.1 Å². The largest absolute Gasteiger partial charge is 0.450 e. The number of furan rings is 1. The normalized spacial score (nSPS) is 11.6. The Kier molecular flexibility index (Phi) is 5.54. The molecule has 0 aliphatic carbocycles. The summed E-state index contributed by atoms with van der Waals surface area (Å²) in [6.45, 7) is 1.21. The van der Waals surface area contributed by atoms with Gasteiger partial charge in [0.2, 0.25) is 5.76 Å². The van der Waals surface area contributed by atoms with Crippen molar-refractivity contribution >= 4 is 29.4 Å². The zero-order valence-corrected chi connectivity index (χ0v) is 13.3. The van der Waals surface area contributed by atoms with E-state index in [4.69, 9.17) is 16.3 Å². The topological polar surface area (TPSA) is 112 Å². The van der Waals surface area contributed by atoms with Crippen LogP contribution in [-0.4, -0.2) is 23.4 Å². The maximum atomic E-state index is 11.8. The van der Waals surface area contributed by atoms with Gasteiger partial charge in [0.05, 0.1) is 12.1 Å². The molecule has 0 aliphatic rings. The number of ether oxygens (including phenoxy) is 1. The van der Waals surface area contributed by atoms with E-state index in [1.807, 2.05) is 0 Å². The van der Waals surface area contributed by atoms with E-state index < -0.39 is 29.3 Å². The van der Waals surface area contributed by atoms with Crippen LogP contribution in [0.3, 0.4) is 0 Å². The van der Waals surface area contributed by atoms with Crippen LogP contribution in [0.15, 0.2) is 40.8 Å². The first-order valence-corrected chi connectivity index (χ1v) is 7.21. The summed E-state index contributed by atoms with van der Waals surface area (Å²) < 4.78 is 9.43. The third kappa shape index (κ3) is 4.56. The summed E-state index contributed by atoms with van der Waals surface area (Å²) in [5.41, 5.74) is 0.795. The molecule has 8 nitrogen and oxygen atoms in total. The van der Waals surface area contributed by atoms with Crippen LogP contribution in [0.25, 0.3) is 0 Å². The number of benzene rings is 1. The van der Waals surface area contributed by atoms with Gasteiger partial charge in [0, 0.05) is 5.02 Å². The number of amides is 1. The van der Waals surface area contributed by atoms with E-state index in [0.29, 0.717) is 5.02 Å². The highest BCUT2D eigenvalue weighted by atomic mass is 35.5. The van der Waals surface area contributed by atoms with E-state index in [0.717, 1.165) is 17.7 Å². The minimum atomic E-state index is -0.964. The van der Waals surface area contributed by atoms with Gasteiger partial charge in [-0.3, -0.25) is 14.9 Å². The van der Waals surface area contributed by atoms with Crippen molar-refractivity contribution < 1.29 is 23.7 Å². The van der Waals surface area contributed by atoms with Gasteiger partial charge < -0.3 is 14.5 Å². The quantitative estimate of drug-likeness (QED) is 0.486. The second kappa shape index (κ2) is 7.60. The zero-order valence-electron chi connectivity index (χ0n) is 12.5. The molecule has 2 rings (SSSR count). The van der Waals surface area contributed by atoms with Crippen molar-refractivity contribution in [1.82, 2.24) is 5.32 Å². The third-order valence-corrected chi connectivity index (χ3v) is 3.27. The van der Waals surface area contributed by atoms with Gasteiger partial charge in [-0.15, -0.1) is 0 Å². The van der Waals surface area contributed by atoms with Gasteiger partial charge in [0.15, 0.2) is 6.61 Å². The van der Waals surface area contributed by atoms with Gasteiger partial charge in [0.1, 0.15) is 4.92 Å². The molecule has 1 aromatic heterocycles. The lowest BCUT2D eigenvalue weighted by Gasteiger charge is -2.14. The summed E-state index contributed by atoms with van der Waals surface area (Å²) in [7, 11) is 0. The van der Waals surface area contributed by atoms with Gasteiger partial charge in [0.25, 0.3) is 5.91 Å². The van der Waals surface area contributed by atoms with E-state index in [1.54, 1.807) is 31.2 Å². The molecule has 0 unspecified atom stereocenters. The Morgan fingerprint density at radius 3 is 2.75 bits per heavy atom. The molecule has 1 amide bonds. The number of carbonyl (C=O) groups is 2. The van der Waals surface area contributed by atoms with Gasteiger partial charge in [-0.2, -0.15) is 0 Å². The van der Waals surface area contributed by atoms with E-state index in [-0.39, 0.29) is 11.8 Å². The molecule has 9 heteroatoms.